The van der Waals surface area contributed by atoms with E-state index in [4.69, 9.17) is 4.74 Å². The van der Waals surface area contributed by atoms with Gasteiger partial charge in [-0.05, 0) is 5.56 Å². The second-order valence-corrected chi connectivity index (χ2v) is 6.79. The molecule has 0 aliphatic carbocycles. The molecule has 0 radical (unpaired) electrons. The number of hydrogen-bond acceptors (Lipinski definition) is 7. The number of aromatic amines is 1. The fourth-order valence-electron chi connectivity index (χ4n) is 3.41. The van der Waals surface area contributed by atoms with Crippen molar-refractivity contribution in [3.8, 4) is 0 Å². The van der Waals surface area contributed by atoms with Crippen molar-refractivity contribution in [2.45, 2.75) is 31.1 Å². The fourth-order valence-corrected chi connectivity index (χ4v) is 3.41. The number of H-pyrrole nitrogens is 1. The van der Waals surface area contributed by atoms with Crippen molar-refractivity contribution in [2.24, 2.45) is 7.05 Å². The van der Waals surface area contributed by atoms with Crippen LogP contribution in [0.4, 0.5) is 5.95 Å². The Hall–Kier alpha value is -2.79. The van der Waals surface area contributed by atoms with Crippen molar-refractivity contribution in [3.63, 3.8) is 0 Å². The number of hydrogen-bond donors (Lipinski definition) is 5. The van der Waals surface area contributed by atoms with Crippen LogP contribution in [0.15, 0.2) is 41.5 Å². The molecule has 0 bridgehead atoms. The van der Waals surface area contributed by atoms with Crippen LogP contribution >= 0.6 is 0 Å². The lowest BCUT2D eigenvalue weighted by Crippen LogP contribution is -2.46. The first-order chi connectivity index (χ1) is 13.5. The maximum absolute atomic E-state index is 12.6. The molecule has 1 aliphatic rings. The van der Waals surface area contributed by atoms with Crippen LogP contribution in [-0.4, -0.2) is 54.8 Å². The number of ether oxygens (including phenoxy) is 1. The molecule has 1 aliphatic heterocycles. The molecule has 4 atom stereocenters. The smallest absolute Gasteiger partial charge is 0.313 e. The van der Waals surface area contributed by atoms with Crippen LogP contribution in [-0.2, 0) is 18.3 Å². The second-order valence-electron chi connectivity index (χ2n) is 6.79. The van der Waals surface area contributed by atoms with Gasteiger partial charge in [-0.25, -0.2) is 4.57 Å². The molecule has 10 heteroatoms. The predicted octanol–water partition coefficient (Wildman–Crippen LogP) is -1.23. The lowest BCUT2D eigenvalue weighted by Gasteiger charge is -2.12. The third kappa shape index (κ3) is 3.16. The lowest BCUT2D eigenvalue weighted by molar-refractivity contribution is -0.745. The van der Waals surface area contributed by atoms with E-state index in [1.165, 1.54) is 4.57 Å². The van der Waals surface area contributed by atoms with Crippen molar-refractivity contribution in [1.29, 1.82) is 0 Å². The monoisotopic (exact) mass is 388 g/mol. The van der Waals surface area contributed by atoms with E-state index >= 15 is 0 Å². The summed E-state index contributed by atoms with van der Waals surface area (Å²) in [5, 5.41) is 32.7. The summed E-state index contributed by atoms with van der Waals surface area (Å²) < 4.78 is 8.63. The third-order valence-electron chi connectivity index (χ3n) is 4.87. The highest BCUT2D eigenvalue weighted by Crippen LogP contribution is 2.26. The molecule has 0 saturated carbocycles. The summed E-state index contributed by atoms with van der Waals surface area (Å²) in [4.78, 5) is 19.7. The molecule has 148 valence electrons. The molecule has 1 aromatic carbocycles. The molecule has 2 aromatic heterocycles. The van der Waals surface area contributed by atoms with Gasteiger partial charge in [-0.3, -0.25) is 14.3 Å². The lowest BCUT2D eigenvalue weighted by atomic mass is 10.1. The van der Waals surface area contributed by atoms with E-state index in [0.29, 0.717) is 12.1 Å². The molecular formula is C18H22N5O5+. The zero-order valence-electron chi connectivity index (χ0n) is 15.2. The van der Waals surface area contributed by atoms with E-state index in [1.54, 1.807) is 17.9 Å². The zero-order chi connectivity index (χ0) is 19.8. The molecular weight excluding hydrogens is 366 g/mol. The van der Waals surface area contributed by atoms with Crippen LogP contribution in [0.25, 0.3) is 11.2 Å². The Bertz CT molecular complexity index is 1030. The Labute approximate surface area is 159 Å². The standard InChI is InChI=1S/C18H21N5O5/c1-22-9-23(17-14(26)13(25)11(8-24)28-17)15-12(22)16(27)21-18(20-15)19-7-10-5-3-2-4-6-10/h2-6,9,11,13-14,17,24-26H,7-8H2,1H3,(H-,19,20,21,27)/p+1/t11-,13-,14-,17-/m1/s1. The first kappa shape index (κ1) is 18.6. The third-order valence-corrected chi connectivity index (χ3v) is 4.87. The number of aryl methyl sites for hydroxylation is 1. The van der Waals surface area contributed by atoms with Gasteiger partial charge in [0.05, 0.1) is 13.7 Å². The Morgan fingerprint density at radius 1 is 1.29 bits per heavy atom. The summed E-state index contributed by atoms with van der Waals surface area (Å²) in [6, 6.07) is 9.66. The highest BCUT2D eigenvalue weighted by atomic mass is 16.6. The van der Waals surface area contributed by atoms with Gasteiger partial charge in [0, 0.05) is 6.54 Å². The van der Waals surface area contributed by atoms with Crippen LogP contribution in [0.5, 0.6) is 0 Å². The molecule has 4 rings (SSSR count). The SMILES string of the molecule is Cn1c[n+]([C@@H]2O[C@H](CO)[C@@H](O)[C@H]2O)c2nc(NCc3ccccc3)[nH]c(=O)c21. The number of anilines is 1. The molecule has 10 nitrogen and oxygen atoms in total. The number of aliphatic hydroxyl groups is 3. The van der Waals surface area contributed by atoms with E-state index in [2.05, 4.69) is 15.3 Å². The number of aliphatic hydroxyl groups excluding tert-OH is 3. The number of nitrogens with zero attached hydrogens (tertiary/aromatic N) is 3. The Morgan fingerprint density at radius 2 is 2.04 bits per heavy atom. The fraction of sp³-hybridized carbons (Fsp3) is 0.389. The number of aromatic nitrogens is 4. The number of rotatable bonds is 5. The zero-order valence-corrected chi connectivity index (χ0v) is 15.2. The van der Waals surface area contributed by atoms with Crippen molar-refractivity contribution >= 4 is 17.1 Å². The molecule has 0 amide bonds. The largest absolute Gasteiger partial charge is 0.394 e. The van der Waals surface area contributed by atoms with Crippen LogP contribution in [0, 0.1) is 0 Å². The van der Waals surface area contributed by atoms with Gasteiger partial charge >= 0.3 is 5.65 Å². The van der Waals surface area contributed by atoms with E-state index in [9.17, 15) is 20.1 Å². The molecule has 0 spiro atoms. The number of fused-ring (bicyclic) bond motifs is 1. The van der Waals surface area contributed by atoms with Gasteiger partial charge in [-0.1, -0.05) is 35.3 Å². The summed E-state index contributed by atoms with van der Waals surface area (Å²) >= 11 is 0. The van der Waals surface area contributed by atoms with E-state index in [1.807, 2.05) is 30.3 Å². The Kier molecular flexibility index (Phi) is 4.85. The predicted molar refractivity (Wildman–Crippen MR) is 98.3 cm³/mol. The summed E-state index contributed by atoms with van der Waals surface area (Å²) in [6.07, 6.45) is -2.84. The normalized spacial score (nSPS) is 24.7. The second kappa shape index (κ2) is 7.32. The van der Waals surface area contributed by atoms with Crippen LogP contribution in [0.1, 0.15) is 11.8 Å². The topological polar surface area (TPSA) is 137 Å². The molecule has 28 heavy (non-hydrogen) atoms. The molecule has 1 fully saturated rings. The van der Waals surface area contributed by atoms with Gasteiger partial charge in [-0.15, -0.1) is 0 Å². The van der Waals surface area contributed by atoms with Crippen molar-refractivity contribution in [3.05, 3.63) is 52.6 Å². The molecule has 0 unspecified atom stereocenters. The maximum atomic E-state index is 12.6. The minimum Gasteiger partial charge on any atom is -0.394 e. The van der Waals surface area contributed by atoms with Gasteiger partial charge in [0.1, 0.15) is 18.3 Å². The van der Waals surface area contributed by atoms with Crippen LogP contribution < -0.4 is 15.4 Å². The van der Waals surface area contributed by atoms with Gasteiger partial charge in [0.15, 0.2) is 6.33 Å². The Balaban J connectivity index is 1.70. The van der Waals surface area contributed by atoms with Gasteiger partial charge in [0.25, 0.3) is 11.5 Å². The summed E-state index contributed by atoms with van der Waals surface area (Å²) in [6.45, 7) is 0.0356. The van der Waals surface area contributed by atoms with Crippen molar-refractivity contribution in [2.75, 3.05) is 11.9 Å². The molecule has 1 saturated heterocycles. The van der Waals surface area contributed by atoms with E-state index in [-0.39, 0.29) is 17.2 Å². The molecule has 3 aromatic rings. The highest BCUT2D eigenvalue weighted by molar-refractivity contribution is 5.67. The van der Waals surface area contributed by atoms with Crippen LogP contribution in [0.2, 0.25) is 0 Å². The number of imidazole rings is 1. The quantitative estimate of drug-likeness (QED) is 0.345. The van der Waals surface area contributed by atoms with Crippen LogP contribution in [0.3, 0.4) is 0 Å². The van der Waals surface area contributed by atoms with Crippen molar-refractivity contribution in [1.82, 2.24) is 14.5 Å². The summed E-state index contributed by atoms with van der Waals surface area (Å²) in [5.74, 6) is 0.271. The molecule has 5 N–H and O–H groups in total. The van der Waals surface area contributed by atoms with Gasteiger partial charge in [0.2, 0.25) is 11.7 Å². The van der Waals surface area contributed by atoms with E-state index in [0.717, 1.165) is 5.56 Å². The van der Waals surface area contributed by atoms with Crippen molar-refractivity contribution < 1.29 is 24.6 Å². The maximum Gasteiger partial charge on any atom is 0.313 e. The van der Waals surface area contributed by atoms with Gasteiger partial charge < -0.3 is 25.4 Å². The number of nitrogens with one attached hydrogen (secondary N) is 2. The summed E-state index contributed by atoms with van der Waals surface area (Å²) in [7, 11) is 1.67. The first-order valence-electron chi connectivity index (χ1n) is 8.90. The highest BCUT2D eigenvalue weighted by Gasteiger charge is 2.46. The Morgan fingerprint density at radius 3 is 2.71 bits per heavy atom. The average molecular weight is 388 g/mol. The first-order valence-corrected chi connectivity index (χ1v) is 8.90. The average Bonchev–Trinajstić information content (AvgIpc) is 3.18. The molecule has 3 heterocycles. The van der Waals surface area contributed by atoms with Gasteiger partial charge in [-0.2, -0.15) is 0 Å². The van der Waals surface area contributed by atoms with E-state index < -0.39 is 31.1 Å². The summed E-state index contributed by atoms with van der Waals surface area (Å²) in [5.41, 5.74) is 1.25. The minimum absolute atomic E-state index is 0.271. The minimum atomic E-state index is -1.27. The number of benzene rings is 1.